The molecule has 0 N–H and O–H groups in total. The topological polar surface area (TPSA) is 77.4 Å². The molecule has 6 rings (SSSR count). The van der Waals surface area contributed by atoms with E-state index >= 15 is 0 Å². The summed E-state index contributed by atoms with van der Waals surface area (Å²) in [6, 6.07) is 35.6. The summed E-state index contributed by atoms with van der Waals surface area (Å²) >= 11 is 0. The van der Waals surface area contributed by atoms with Crippen LogP contribution in [0.2, 0.25) is 0 Å². The molecule has 0 aliphatic heterocycles. The number of nitrogens with zero attached hydrogens (tertiary/aromatic N) is 1. The van der Waals surface area contributed by atoms with Crippen LogP contribution in [0.25, 0.3) is 33.2 Å². The standard InChI is InChI=1S/C42H41NO7/c1-45-31-15-7-27(8-16-31)25-26-43-40-35(23-24-36(49-5)38(40)29-11-19-33(47-3)20-12-29)37(28-9-17-32(46-2)18-10-28)41(43)39(42(44)50-6)30-13-21-34(48-4)22-14-30/h7-24,39H,25-26H2,1-6H3. The maximum absolute atomic E-state index is 14.1. The van der Waals surface area contributed by atoms with Gasteiger partial charge >= 0.3 is 5.97 Å². The summed E-state index contributed by atoms with van der Waals surface area (Å²) in [5.41, 5.74) is 7.34. The van der Waals surface area contributed by atoms with Crippen molar-refractivity contribution in [3.8, 4) is 51.0 Å². The van der Waals surface area contributed by atoms with Gasteiger partial charge in [-0.3, -0.25) is 4.79 Å². The van der Waals surface area contributed by atoms with Gasteiger partial charge in [0, 0.05) is 28.8 Å². The zero-order valence-electron chi connectivity index (χ0n) is 29.2. The highest BCUT2D eigenvalue weighted by molar-refractivity contribution is 6.08. The van der Waals surface area contributed by atoms with E-state index in [1.807, 2.05) is 91.0 Å². The van der Waals surface area contributed by atoms with Gasteiger partial charge in [-0.1, -0.05) is 48.5 Å². The number of hydrogen-bond acceptors (Lipinski definition) is 7. The number of fused-ring (bicyclic) bond motifs is 1. The number of carbonyl (C=O) groups excluding carboxylic acids is 1. The Labute approximate surface area is 292 Å². The van der Waals surface area contributed by atoms with Gasteiger partial charge in [0.25, 0.3) is 0 Å². The van der Waals surface area contributed by atoms with Gasteiger partial charge in [0.1, 0.15) is 34.7 Å². The van der Waals surface area contributed by atoms with Gasteiger partial charge in [-0.05, 0) is 89.3 Å². The smallest absolute Gasteiger partial charge is 0.319 e. The van der Waals surface area contributed by atoms with E-state index in [2.05, 4.69) is 22.8 Å². The summed E-state index contributed by atoms with van der Waals surface area (Å²) in [6.45, 7) is 0.550. The van der Waals surface area contributed by atoms with Crippen LogP contribution in [0.15, 0.2) is 109 Å². The molecule has 0 amide bonds. The average Bonchev–Trinajstić information content (AvgIpc) is 3.50. The second-order valence-electron chi connectivity index (χ2n) is 11.7. The van der Waals surface area contributed by atoms with E-state index < -0.39 is 5.92 Å². The van der Waals surface area contributed by atoms with E-state index in [1.165, 1.54) is 7.11 Å². The van der Waals surface area contributed by atoms with E-state index in [-0.39, 0.29) is 5.97 Å². The van der Waals surface area contributed by atoms with Crippen LogP contribution >= 0.6 is 0 Å². The van der Waals surface area contributed by atoms with Crippen LogP contribution in [-0.4, -0.2) is 53.2 Å². The maximum atomic E-state index is 14.1. The third-order valence-electron chi connectivity index (χ3n) is 9.15. The van der Waals surface area contributed by atoms with Crippen molar-refractivity contribution in [2.75, 3.05) is 42.7 Å². The summed E-state index contributed by atoms with van der Waals surface area (Å²) in [7, 11) is 9.70. The van der Waals surface area contributed by atoms with Crippen molar-refractivity contribution in [3.05, 3.63) is 126 Å². The van der Waals surface area contributed by atoms with E-state index in [0.29, 0.717) is 24.5 Å². The lowest BCUT2D eigenvalue weighted by Crippen LogP contribution is -2.21. The van der Waals surface area contributed by atoms with Crippen LogP contribution in [0.1, 0.15) is 22.7 Å². The summed E-state index contributed by atoms with van der Waals surface area (Å²) in [5, 5.41) is 0.967. The highest BCUT2D eigenvalue weighted by Gasteiger charge is 2.34. The van der Waals surface area contributed by atoms with Gasteiger partial charge in [0.15, 0.2) is 0 Å². The number of methoxy groups -OCH3 is 6. The van der Waals surface area contributed by atoms with E-state index in [9.17, 15) is 4.79 Å². The van der Waals surface area contributed by atoms with Gasteiger partial charge in [-0.15, -0.1) is 0 Å². The van der Waals surface area contributed by atoms with Gasteiger partial charge in [0.2, 0.25) is 0 Å². The number of benzene rings is 5. The third kappa shape index (κ3) is 6.57. The monoisotopic (exact) mass is 671 g/mol. The average molecular weight is 672 g/mol. The van der Waals surface area contributed by atoms with Crippen LogP contribution in [0, 0.1) is 0 Å². The molecule has 8 nitrogen and oxygen atoms in total. The Morgan fingerprint density at radius 2 is 1.04 bits per heavy atom. The minimum absolute atomic E-state index is 0.378. The van der Waals surface area contributed by atoms with Crippen molar-refractivity contribution < 1.29 is 33.2 Å². The Morgan fingerprint density at radius 3 is 1.52 bits per heavy atom. The first-order valence-electron chi connectivity index (χ1n) is 16.3. The Morgan fingerprint density at radius 1 is 0.560 bits per heavy atom. The molecule has 6 aromatic rings. The summed E-state index contributed by atoms with van der Waals surface area (Å²) < 4.78 is 35.8. The molecule has 50 heavy (non-hydrogen) atoms. The number of rotatable bonds is 13. The molecule has 256 valence electrons. The van der Waals surface area contributed by atoms with Crippen LogP contribution in [0.3, 0.4) is 0 Å². The maximum Gasteiger partial charge on any atom is 0.319 e. The molecular weight excluding hydrogens is 630 g/mol. The largest absolute Gasteiger partial charge is 0.497 e. The van der Waals surface area contributed by atoms with Gasteiger partial charge in [0.05, 0.1) is 48.2 Å². The van der Waals surface area contributed by atoms with Crippen molar-refractivity contribution in [2.24, 2.45) is 0 Å². The summed E-state index contributed by atoms with van der Waals surface area (Å²) in [4.78, 5) is 14.1. The van der Waals surface area contributed by atoms with Crippen LogP contribution in [-0.2, 0) is 22.5 Å². The number of esters is 1. The molecular formula is C42H41NO7. The molecule has 0 aliphatic carbocycles. The van der Waals surface area contributed by atoms with Crippen molar-refractivity contribution in [3.63, 3.8) is 0 Å². The molecule has 1 aromatic heterocycles. The zero-order valence-corrected chi connectivity index (χ0v) is 29.2. The number of ether oxygens (including phenoxy) is 6. The molecule has 0 bridgehead atoms. The zero-order chi connectivity index (χ0) is 35.2. The van der Waals surface area contributed by atoms with Crippen LogP contribution in [0.4, 0.5) is 0 Å². The molecule has 1 unspecified atom stereocenters. The lowest BCUT2D eigenvalue weighted by Gasteiger charge is -2.22. The minimum atomic E-state index is -0.777. The molecule has 1 atom stereocenters. The summed E-state index contributed by atoms with van der Waals surface area (Å²) in [5.74, 6) is 2.52. The third-order valence-corrected chi connectivity index (χ3v) is 9.15. The van der Waals surface area contributed by atoms with Crippen molar-refractivity contribution in [1.29, 1.82) is 0 Å². The van der Waals surface area contributed by atoms with Crippen molar-refractivity contribution in [1.82, 2.24) is 4.57 Å². The fourth-order valence-corrected chi connectivity index (χ4v) is 6.60. The van der Waals surface area contributed by atoms with Crippen molar-refractivity contribution in [2.45, 2.75) is 18.9 Å². The minimum Gasteiger partial charge on any atom is -0.497 e. The summed E-state index contributed by atoms with van der Waals surface area (Å²) in [6.07, 6.45) is 0.679. The molecule has 0 aliphatic rings. The highest BCUT2D eigenvalue weighted by atomic mass is 16.5. The highest BCUT2D eigenvalue weighted by Crippen LogP contribution is 2.48. The first-order chi connectivity index (χ1) is 24.4. The molecule has 0 radical (unpaired) electrons. The van der Waals surface area contributed by atoms with Crippen LogP contribution in [0.5, 0.6) is 28.7 Å². The van der Waals surface area contributed by atoms with Crippen molar-refractivity contribution >= 4 is 16.9 Å². The van der Waals surface area contributed by atoms with Crippen LogP contribution < -0.4 is 23.7 Å². The molecule has 8 heteroatoms. The SMILES string of the molecule is COC(=O)C(c1ccc(OC)cc1)c1c(-c2ccc(OC)cc2)c2ccc(OC)c(-c3ccc(OC)cc3)c2n1CCc1ccc(OC)cc1. The van der Waals surface area contributed by atoms with Gasteiger partial charge < -0.3 is 33.0 Å². The molecule has 1 heterocycles. The second-order valence-corrected chi connectivity index (χ2v) is 11.7. The lowest BCUT2D eigenvalue weighted by atomic mass is 9.89. The lowest BCUT2D eigenvalue weighted by molar-refractivity contribution is -0.141. The molecule has 0 saturated carbocycles. The van der Waals surface area contributed by atoms with E-state index in [0.717, 1.165) is 67.2 Å². The Bertz CT molecular complexity index is 2060. The first kappa shape index (κ1) is 34.0. The molecule has 0 fully saturated rings. The predicted octanol–water partition coefficient (Wildman–Crippen LogP) is 8.57. The Hall–Kier alpha value is -5.89. The van der Waals surface area contributed by atoms with Gasteiger partial charge in [-0.25, -0.2) is 0 Å². The molecule has 0 saturated heterocycles. The fraction of sp³-hybridized carbons (Fsp3) is 0.214. The number of aromatic nitrogens is 1. The quantitative estimate of drug-likeness (QED) is 0.114. The first-order valence-corrected chi connectivity index (χ1v) is 16.3. The fourth-order valence-electron chi connectivity index (χ4n) is 6.60. The normalized spacial score (nSPS) is 11.6. The number of hydrogen-bond donors (Lipinski definition) is 0. The Kier molecular flexibility index (Phi) is 10.3. The molecule has 5 aromatic carbocycles. The molecule has 0 spiro atoms. The predicted molar refractivity (Wildman–Crippen MR) is 196 cm³/mol. The van der Waals surface area contributed by atoms with E-state index in [4.69, 9.17) is 28.4 Å². The van der Waals surface area contributed by atoms with Gasteiger partial charge in [-0.2, -0.15) is 0 Å². The number of aryl methyl sites for hydroxylation is 2. The number of carbonyl (C=O) groups is 1. The Balaban J connectivity index is 1.73. The second kappa shape index (κ2) is 15.1. The van der Waals surface area contributed by atoms with E-state index in [1.54, 1.807) is 35.5 Å².